The molecule has 2 aromatic rings. The minimum atomic E-state index is -1.10. The molecule has 0 aromatic heterocycles. The number of hydrogen-bond acceptors (Lipinski definition) is 3. The molecule has 0 saturated heterocycles. The standard InChI is InChI=1S/C15H15ClN2O2/c1-15(14(17)20,10-5-7-13(19)8-6-10)18-12-4-2-3-11(16)9-12/h2-9,18-19H,1H3,(H2,17,20). The summed E-state index contributed by atoms with van der Waals surface area (Å²) in [5.74, 6) is -0.397. The van der Waals surface area contributed by atoms with Crippen molar-refractivity contribution in [2.75, 3.05) is 5.32 Å². The number of nitrogens with two attached hydrogens (primary N) is 1. The van der Waals surface area contributed by atoms with Gasteiger partial charge in [-0.05, 0) is 42.8 Å². The lowest BCUT2D eigenvalue weighted by Crippen LogP contribution is -2.45. The van der Waals surface area contributed by atoms with Gasteiger partial charge in [0.05, 0.1) is 0 Å². The number of amides is 1. The molecule has 0 saturated carbocycles. The Morgan fingerprint density at radius 3 is 2.45 bits per heavy atom. The van der Waals surface area contributed by atoms with Crippen molar-refractivity contribution in [1.29, 1.82) is 0 Å². The van der Waals surface area contributed by atoms with Crippen molar-refractivity contribution >= 4 is 23.2 Å². The van der Waals surface area contributed by atoms with Crippen LogP contribution < -0.4 is 11.1 Å². The van der Waals surface area contributed by atoms with Crippen LogP contribution in [0.25, 0.3) is 0 Å². The van der Waals surface area contributed by atoms with E-state index in [1.807, 2.05) is 0 Å². The van der Waals surface area contributed by atoms with Crippen molar-refractivity contribution in [3.8, 4) is 5.75 Å². The summed E-state index contributed by atoms with van der Waals surface area (Å²) in [5.41, 5.74) is 5.77. The van der Waals surface area contributed by atoms with E-state index in [9.17, 15) is 9.90 Å². The lowest BCUT2D eigenvalue weighted by Gasteiger charge is -2.29. The van der Waals surface area contributed by atoms with Crippen molar-refractivity contribution in [2.45, 2.75) is 12.5 Å². The van der Waals surface area contributed by atoms with E-state index in [-0.39, 0.29) is 5.75 Å². The van der Waals surface area contributed by atoms with Crippen LogP contribution in [-0.2, 0) is 10.3 Å². The lowest BCUT2D eigenvalue weighted by molar-refractivity contribution is -0.122. The number of phenolic OH excluding ortho intramolecular Hbond substituents is 1. The normalized spacial score (nSPS) is 13.5. The second-order valence-electron chi connectivity index (χ2n) is 4.67. The van der Waals surface area contributed by atoms with Crippen molar-refractivity contribution in [3.63, 3.8) is 0 Å². The van der Waals surface area contributed by atoms with E-state index in [0.717, 1.165) is 0 Å². The van der Waals surface area contributed by atoms with Crippen LogP contribution in [0.5, 0.6) is 5.75 Å². The maximum absolute atomic E-state index is 11.9. The van der Waals surface area contributed by atoms with Gasteiger partial charge in [0.15, 0.2) is 0 Å². The Balaban J connectivity index is 2.39. The molecule has 1 atom stereocenters. The van der Waals surface area contributed by atoms with Crippen LogP contribution >= 0.6 is 11.6 Å². The van der Waals surface area contributed by atoms with Gasteiger partial charge in [-0.2, -0.15) is 0 Å². The smallest absolute Gasteiger partial charge is 0.247 e. The van der Waals surface area contributed by atoms with Gasteiger partial charge in [0.25, 0.3) is 0 Å². The molecule has 5 heteroatoms. The fourth-order valence-corrected chi connectivity index (χ4v) is 2.12. The molecule has 1 amide bonds. The predicted octanol–water partition coefficient (Wildman–Crippen LogP) is 2.86. The van der Waals surface area contributed by atoms with E-state index >= 15 is 0 Å². The average molecular weight is 291 g/mol. The van der Waals surface area contributed by atoms with Gasteiger partial charge in [0.2, 0.25) is 5.91 Å². The zero-order chi connectivity index (χ0) is 14.8. The first kappa shape index (κ1) is 14.2. The summed E-state index contributed by atoms with van der Waals surface area (Å²) in [5, 5.41) is 13.0. The van der Waals surface area contributed by atoms with Gasteiger partial charge in [-0.15, -0.1) is 0 Å². The molecule has 1 unspecified atom stereocenters. The Labute approximate surface area is 122 Å². The summed E-state index contributed by atoms with van der Waals surface area (Å²) in [7, 11) is 0. The summed E-state index contributed by atoms with van der Waals surface area (Å²) in [6.45, 7) is 1.68. The first-order valence-corrected chi connectivity index (χ1v) is 6.43. The molecule has 0 bridgehead atoms. The summed E-state index contributed by atoms with van der Waals surface area (Å²) < 4.78 is 0. The van der Waals surface area contributed by atoms with Crippen LogP contribution in [0.15, 0.2) is 48.5 Å². The number of benzene rings is 2. The fourth-order valence-electron chi connectivity index (χ4n) is 1.93. The number of hydrogen-bond donors (Lipinski definition) is 3. The highest BCUT2D eigenvalue weighted by atomic mass is 35.5. The molecular weight excluding hydrogens is 276 g/mol. The van der Waals surface area contributed by atoms with Crippen molar-refractivity contribution < 1.29 is 9.90 Å². The molecule has 0 spiro atoms. The van der Waals surface area contributed by atoms with E-state index in [1.165, 1.54) is 12.1 Å². The third kappa shape index (κ3) is 2.86. The van der Waals surface area contributed by atoms with Crippen molar-refractivity contribution in [3.05, 3.63) is 59.1 Å². The summed E-state index contributed by atoms with van der Waals surface area (Å²) in [4.78, 5) is 11.9. The minimum absolute atomic E-state index is 0.128. The highest BCUT2D eigenvalue weighted by Gasteiger charge is 2.33. The van der Waals surface area contributed by atoms with E-state index < -0.39 is 11.4 Å². The Morgan fingerprint density at radius 1 is 1.25 bits per heavy atom. The Hall–Kier alpha value is -2.20. The van der Waals surface area contributed by atoms with Gasteiger partial charge in [0.1, 0.15) is 11.3 Å². The maximum atomic E-state index is 11.9. The SMILES string of the molecule is CC(Nc1cccc(Cl)c1)(C(N)=O)c1ccc(O)cc1. The zero-order valence-electron chi connectivity index (χ0n) is 10.9. The Morgan fingerprint density at radius 2 is 1.90 bits per heavy atom. The number of phenols is 1. The maximum Gasteiger partial charge on any atom is 0.247 e. The van der Waals surface area contributed by atoms with Gasteiger partial charge >= 0.3 is 0 Å². The first-order valence-electron chi connectivity index (χ1n) is 6.05. The van der Waals surface area contributed by atoms with Crippen molar-refractivity contribution in [1.82, 2.24) is 0 Å². The molecule has 2 rings (SSSR count). The number of primary amides is 1. The molecule has 0 fully saturated rings. The number of aromatic hydroxyl groups is 1. The minimum Gasteiger partial charge on any atom is -0.508 e. The number of anilines is 1. The average Bonchev–Trinajstić information content (AvgIpc) is 2.39. The molecule has 0 aliphatic heterocycles. The number of carbonyl (C=O) groups excluding carboxylic acids is 1. The number of rotatable bonds is 4. The number of nitrogens with one attached hydrogen (secondary N) is 1. The van der Waals surface area contributed by atoms with E-state index in [1.54, 1.807) is 43.3 Å². The van der Waals surface area contributed by atoms with Crippen molar-refractivity contribution in [2.24, 2.45) is 5.73 Å². The van der Waals surface area contributed by atoms with Crippen LogP contribution in [0.4, 0.5) is 5.69 Å². The lowest BCUT2D eigenvalue weighted by atomic mass is 9.90. The highest BCUT2D eigenvalue weighted by Crippen LogP contribution is 2.28. The summed E-state index contributed by atoms with van der Waals surface area (Å²) in [6.07, 6.45) is 0. The molecule has 4 nitrogen and oxygen atoms in total. The quantitative estimate of drug-likeness (QED) is 0.810. The molecule has 2 aromatic carbocycles. The molecule has 4 N–H and O–H groups in total. The van der Waals surface area contributed by atoms with Gasteiger partial charge in [0, 0.05) is 10.7 Å². The van der Waals surface area contributed by atoms with Crippen LogP contribution in [-0.4, -0.2) is 11.0 Å². The van der Waals surface area contributed by atoms with Crippen LogP contribution in [0, 0.1) is 0 Å². The summed E-state index contributed by atoms with van der Waals surface area (Å²) >= 11 is 5.93. The predicted molar refractivity (Wildman–Crippen MR) is 79.7 cm³/mol. The molecule has 20 heavy (non-hydrogen) atoms. The fraction of sp³-hybridized carbons (Fsp3) is 0.133. The van der Waals surface area contributed by atoms with E-state index in [2.05, 4.69) is 5.32 Å². The van der Waals surface area contributed by atoms with E-state index in [0.29, 0.717) is 16.3 Å². The molecule has 0 radical (unpaired) electrons. The van der Waals surface area contributed by atoms with E-state index in [4.69, 9.17) is 17.3 Å². The molecule has 0 aliphatic carbocycles. The largest absolute Gasteiger partial charge is 0.508 e. The third-order valence-corrected chi connectivity index (χ3v) is 3.39. The monoisotopic (exact) mass is 290 g/mol. The topological polar surface area (TPSA) is 75.3 Å². The summed E-state index contributed by atoms with van der Waals surface area (Å²) in [6, 6.07) is 13.4. The van der Waals surface area contributed by atoms with Crippen LogP contribution in [0.3, 0.4) is 0 Å². The number of carbonyl (C=O) groups is 1. The van der Waals surface area contributed by atoms with Gasteiger partial charge in [-0.25, -0.2) is 0 Å². The highest BCUT2D eigenvalue weighted by molar-refractivity contribution is 6.30. The zero-order valence-corrected chi connectivity index (χ0v) is 11.7. The third-order valence-electron chi connectivity index (χ3n) is 3.16. The Bertz CT molecular complexity index is 628. The second-order valence-corrected chi connectivity index (χ2v) is 5.11. The molecular formula is C15H15ClN2O2. The molecule has 0 heterocycles. The molecule has 104 valence electrons. The first-order chi connectivity index (χ1) is 9.41. The Kier molecular flexibility index (Phi) is 3.86. The van der Waals surface area contributed by atoms with Gasteiger partial charge < -0.3 is 16.2 Å². The van der Waals surface area contributed by atoms with Gasteiger partial charge in [-0.1, -0.05) is 29.8 Å². The van der Waals surface area contributed by atoms with Crippen LogP contribution in [0.2, 0.25) is 5.02 Å². The van der Waals surface area contributed by atoms with Gasteiger partial charge in [-0.3, -0.25) is 4.79 Å². The molecule has 0 aliphatic rings. The number of halogens is 1. The van der Waals surface area contributed by atoms with Crippen LogP contribution in [0.1, 0.15) is 12.5 Å². The second kappa shape index (κ2) is 5.43.